The SMILES string of the molecule is O=C1N[C@]2(CCC(=O)N(CC(=O)N3CCC[C@@H](c4ccccc4)C3)CC2)Nc2ncccc21. The zero-order valence-corrected chi connectivity index (χ0v) is 18.6. The maximum absolute atomic E-state index is 13.1. The van der Waals surface area contributed by atoms with Gasteiger partial charge in [-0.25, -0.2) is 4.98 Å². The lowest BCUT2D eigenvalue weighted by Gasteiger charge is -2.39. The molecule has 8 heteroatoms. The molecule has 172 valence electrons. The number of anilines is 1. The van der Waals surface area contributed by atoms with Gasteiger partial charge in [0.2, 0.25) is 11.8 Å². The van der Waals surface area contributed by atoms with Crippen molar-refractivity contribution in [3.05, 3.63) is 59.8 Å². The number of nitrogens with zero attached hydrogens (tertiary/aromatic N) is 3. The predicted molar refractivity (Wildman–Crippen MR) is 123 cm³/mol. The van der Waals surface area contributed by atoms with Crippen molar-refractivity contribution < 1.29 is 14.4 Å². The summed E-state index contributed by atoms with van der Waals surface area (Å²) in [6.07, 6.45) is 4.91. The molecule has 0 saturated carbocycles. The van der Waals surface area contributed by atoms with Crippen LogP contribution in [0.2, 0.25) is 0 Å². The molecule has 3 amide bonds. The Morgan fingerprint density at radius 2 is 1.91 bits per heavy atom. The molecular weight excluding hydrogens is 418 g/mol. The third-order valence-corrected chi connectivity index (χ3v) is 7.06. The van der Waals surface area contributed by atoms with Crippen LogP contribution >= 0.6 is 0 Å². The number of nitrogens with one attached hydrogen (secondary N) is 2. The molecule has 2 aromatic rings. The Kier molecular flexibility index (Phi) is 5.74. The van der Waals surface area contributed by atoms with Gasteiger partial charge in [0.15, 0.2) is 0 Å². The molecule has 0 unspecified atom stereocenters. The fraction of sp³-hybridized carbons (Fsp3) is 0.440. The lowest BCUT2D eigenvalue weighted by atomic mass is 9.90. The van der Waals surface area contributed by atoms with E-state index >= 15 is 0 Å². The van der Waals surface area contributed by atoms with Gasteiger partial charge < -0.3 is 20.4 Å². The summed E-state index contributed by atoms with van der Waals surface area (Å²) in [6.45, 7) is 1.90. The topological polar surface area (TPSA) is 94.6 Å². The molecule has 2 fully saturated rings. The van der Waals surface area contributed by atoms with Gasteiger partial charge in [-0.1, -0.05) is 30.3 Å². The molecule has 8 nitrogen and oxygen atoms in total. The van der Waals surface area contributed by atoms with Gasteiger partial charge in [-0.15, -0.1) is 0 Å². The first-order valence-electron chi connectivity index (χ1n) is 11.7. The van der Waals surface area contributed by atoms with Crippen LogP contribution in [0.3, 0.4) is 0 Å². The van der Waals surface area contributed by atoms with Crippen molar-refractivity contribution in [1.29, 1.82) is 0 Å². The van der Waals surface area contributed by atoms with Crippen LogP contribution in [0.5, 0.6) is 0 Å². The minimum atomic E-state index is -0.727. The average molecular weight is 448 g/mol. The number of amides is 3. The van der Waals surface area contributed by atoms with Crippen molar-refractivity contribution >= 4 is 23.5 Å². The van der Waals surface area contributed by atoms with Crippen LogP contribution in [-0.4, -0.2) is 64.3 Å². The minimum Gasteiger partial charge on any atom is -0.347 e. The molecule has 0 bridgehead atoms. The summed E-state index contributed by atoms with van der Waals surface area (Å²) < 4.78 is 0. The summed E-state index contributed by atoms with van der Waals surface area (Å²) in [5.74, 6) is 0.626. The van der Waals surface area contributed by atoms with E-state index in [1.54, 1.807) is 23.2 Å². The third-order valence-electron chi connectivity index (χ3n) is 7.06. The number of fused-ring (bicyclic) bond motifs is 1. The lowest BCUT2D eigenvalue weighted by molar-refractivity contribution is -0.140. The van der Waals surface area contributed by atoms with Crippen molar-refractivity contribution in [2.45, 2.75) is 43.7 Å². The summed E-state index contributed by atoms with van der Waals surface area (Å²) >= 11 is 0. The van der Waals surface area contributed by atoms with Gasteiger partial charge in [0.05, 0.1) is 12.1 Å². The van der Waals surface area contributed by atoms with E-state index in [2.05, 4.69) is 27.8 Å². The third kappa shape index (κ3) is 4.42. The van der Waals surface area contributed by atoms with E-state index in [0.717, 1.165) is 19.4 Å². The van der Waals surface area contributed by atoms with Crippen LogP contribution in [-0.2, 0) is 9.59 Å². The van der Waals surface area contributed by atoms with Gasteiger partial charge in [0.1, 0.15) is 11.5 Å². The van der Waals surface area contributed by atoms with E-state index in [0.29, 0.717) is 43.2 Å². The predicted octanol–water partition coefficient (Wildman–Crippen LogP) is 2.35. The van der Waals surface area contributed by atoms with Crippen LogP contribution in [0.4, 0.5) is 5.82 Å². The molecule has 3 aliphatic heterocycles. The van der Waals surface area contributed by atoms with Gasteiger partial charge in [0.25, 0.3) is 5.91 Å². The smallest absolute Gasteiger partial charge is 0.256 e. The molecular formula is C25H29N5O3. The molecule has 2 N–H and O–H groups in total. The highest BCUT2D eigenvalue weighted by Gasteiger charge is 2.41. The van der Waals surface area contributed by atoms with Gasteiger partial charge in [0, 0.05) is 44.6 Å². The van der Waals surface area contributed by atoms with E-state index in [1.165, 1.54) is 5.56 Å². The number of piperidine rings is 1. The van der Waals surface area contributed by atoms with Crippen molar-refractivity contribution in [2.24, 2.45) is 0 Å². The van der Waals surface area contributed by atoms with Crippen molar-refractivity contribution in [3.8, 4) is 0 Å². The van der Waals surface area contributed by atoms with E-state index in [9.17, 15) is 14.4 Å². The number of hydrogen-bond acceptors (Lipinski definition) is 5. The highest BCUT2D eigenvalue weighted by atomic mass is 16.2. The second kappa shape index (κ2) is 8.84. The van der Waals surface area contributed by atoms with E-state index in [1.807, 2.05) is 23.1 Å². The van der Waals surface area contributed by atoms with E-state index in [-0.39, 0.29) is 30.7 Å². The number of likely N-dealkylation sites (tertiary alicyclic amines) is 2. The van der Waals surface area contributed by atoms with Gasteiger partial charge in [-0.05, 0) is 37.0 Å². The van der Waals surface area contributed by atoms with Crippen molar-refractivity contribution in [3.63, 3.8) is 0 Å². The van der Waals surface area contributed by atoms with Crippen molar-refractivity contribution in [2.75, 3.05) is 31.5 Å². The van der Waals surface area contributed by atoms with Crippen LogP contribution in [0.1, 0.15) is 53.9 Å². The molecule has 1 aromatic carbocycles. The Hall–Kier alpha value is -3.42. The summed E-state index contributed by atoms with van der Waals surface area (Å²) in [4.78, 5) is 46.4. The number of hydrogen-bond donors (Lipinski definition) is 2. The normalized spacial score (nSPS) is 25.2. The largest absolute Gasteiger partial charge is 0.347 e. The first-order chi connectivity index (χ1) is 16.0. The van der Waals surface area contributed by atoms with Crippen LogP contribution in [0, 0.1) is 0 Å². The molecule has 0 radical (unpaired) electrons. The summed E-state index contributed by atoms with van der Waals surface area (Å²) in [5.41, 5.74) is 1.04. The number of pyridine rings is 1. The quantitative estimate of drug-likeness (QED) is 0.753. The molecule has 1 aromatic heterocycles. The van der Waals surface area contributed by atoms with Crippen LogP contribution in [0.15, 0.2) is 48.7 Å². The number of aromatic nitrogens is 1. The fourth-order valence-corrected chi connectivity index (χ4v) is 5.17. The molecule has 2 saturated heterocycles. The second-order valence-electron chi connectivity index (χ2n) is 9.22. The first kappa shape index (κ1) is 21.4. The first-order valence-corrected chi connectivity index (χ1v) is 11.7. The lowest BCUT2D eigenvalue weighted by Crippen LogP contribution is -2.58. The summed E-state index contributed by atoms with van der Waals surface area (Å²) in [7, 11) is 0. The minimum absolute atomic E-state index is 0.00687. The Morgan fingerprint density at radius 1 is 1.06 bits per heavy atom. The zero-order valence-electron chi connectivity index (χ0n) is 18.6. The number of benzene rings is 1. The molecule has 33 heavy (non-hydrogen) atoms. The molecule has 4 heterocycles. The summed E-state index contributed by atoms with van der Waals surface area (Å²) in [5, 5.41) is 6.39. The monoisotopic (exact) mass is 447 g/mol. The molecule has 2 atom stereocenters. The molecule has 3 aliphatic rings. The maximum Gasteiger partial charge on any atom is 0.256 e. The second-order valence-corrected chi connectivity index (χ2v) is 9.22. The van der Waals surface area contributed by atoms with Crippen LogP contribution in [0.25, 0.3) is 0 Å². The summed E-state index contributed by atoms with van der Waals surface area (Å²) in [6, 6.07) is 13.8. The number of carbonyl (C=O) groups is 3. The van der Waals surface area contributed by atoms with E-state index < -0.39 is 5.66 Å². The Labute approximate surface area is 193 Å². The van der Waals surface area contributed by atoms with Gasteiger partial charge in [-0.3, -0.25) is 14.4 Å². The average Bonchev–Trinajstić information content (AvgIpc) is 2.99. The molecule has 0 aliphatic carbocycles. The number of carbonyl (C=O) groups excluding carboxylic acids is 3. The number of rotatable bonds is 3. The Morgan fingerprint density at radius 3 is 2.76 bits per heavy atom. The Balaban J connectivity index is 1.23. The molecule has 5 rings (SSSR count). The maximum atomic E-state index is 13.1. The van der Waals surface area contributed by atoms with E-state index in [4.69, 9.17) is 0 Å². The fourth-order valence-electron chi connectivity index (χ4n) is 5.17. The highest BCUT2D eigenvalue weighted by molar-refractivity contribution is 6.01. The standard InChI is InChI=1S/C25H29N5O3/c31-21-10-11-25(27-23-20(24(33)28-25)9-4-13-26-23)12-15-30(21)17-22(32)29-14-5-8-19(16-29)18-6-2-1-3-7-18/h1-4,6-7,9,13,19H,5,8,10-12,14-17H2,(H,26,27)(H,28,33)/t19-,25+/m1/s1. The highest BCUT2D eigenvalue weighted by Crippen LogP contribution is 2.31. The van der Waals surface area contributed by atoms with Gasteiger partial charge in [-0.2, -0.15) is 0 Å². The van der Waals surface area contributed by atoms with Crippen LogP contribution < -0.4 is 10.6 Å². The molecule has 1 spiro atoms. The van der Waals surface area contributed by atoms with Gasteiger partial charge >= 0.3 is 0 Å². The van der Waals surface area contributed by atoms with Crippen molar-refractivity contribution in [1.82, 2.24) is 20.1 Å². The Bertz CT molecular complexity index is 1060. The zero-order chi connectivity index (χ0) is 22.8.